The second-order valence-corrected chi connectivity index (χ2v) is 10.3. The molecule has 4 aromatic carbocycles. The van der Waals surface area contributed by atoms with Crippen LogP contribution >= 0.6 is 0 Å². The number of aromatic amines is 1. The van der Waals surface area contributed by atoms with Crippen molar-refractivity contribution in [3.8, 4) is 0 Å². The minimum Gasteiger partial charge on any atom is -0.358 e. The summed E-state index contributed by atoms with van der Waals surface area (Å²) in [4.78, 5) is 46.3. The Morgan fingerprint density at radius 3 is 1.82 bits per heavy atom. The third-order valence-electron chi connectivity index (χ3n) is 7.53. The second-order valence-electron chi connectivity index (χ2n) is 10.3. The molecule has 0 radical (unpaired) electrons. The lowest BCUT2D eigenvalue weighted by molar-refractivity contribution is -0.142. The molecule has 5 aromatic rings. The van der Waals surface area contributed by atoms with Gasteiger partial charge in [-0.2, -0.15) is 0 Å². The van der Waals surface area contributed by atoms with Crippen molar-refractivity contribution in [2.45, 2.75) is 17.9 Å². The van der Waals surface area contributed by atoms with Gasteiger partial charge in [-0.25, -0.2) is 14.2 Å². The highest BCUT2D eigenvalue weighted by atomic mass is 19.1. The minimum atomic E-state index is -1.44. The van der Waals surface area contributed by atoms with E-state index in [0.717, 1.165) is 27.7 Å². The van der Waals surface area contributed by atoms with Gasteiger partial charge in [0.05, 0.1) is 6.61 Å². The van der Waals surface area contributed by atoms with Gasteiger partial charge in [-0.15, -0.1) is 0 Å². The lowest BCUT2D eigenvalue weighted by atomic mass is 9.80. The van der Waals surface area contributed by atoms with E-state index in [-0.39, 0.29) is 18.0 Å². The number of ketones is 1. The summed E-state index contributed by atoms with van der Waals surface area (Å²) in [5, 5.41) is 0. The maximum atomic E-state index is 15.4. The number of carbonyl (C=O) groups excluding carboxylic acids is 2. The SMILES string of the molecule is O=C1C(F)=CC(N(C(=O)c2ccccc2)c2ccnc(=O)[nH]2)OC1COC(c1ccccc1)(c1ccccc1)c1ccccc1. The third-order valence-corrected chi connectivity index (χ3v) is 7.53. The number of aromatic nitrogens is 2. The molecular formula is C36H28FN3O5. The molecular weight excluding hydrogens is 573 g/mol. The van der Waals surface area contributed by atoms with Gasteiger partial charge >= 0.3 is 5.69 Å². The zero-order valence-corrected chi connectivity index (χ0v) is 24.0. The zero-order chi connectivity index (χ0) is 31.2. The molecule has 2 heterocycles. The average molecular weight is 602 g/mol. The van der Waals surface area contributed by atoms with E-state index in [1.54, 1.807) is 30.3 Å². The van der Waals surface area contributed by atoms with Crippen LogP contribution in [-0.2, 0) is 19.9 Å². The van der Waals surface area contributed by atoms with E-state index in [1.165, 1.54) is 12.3 Å². The Morgan fingerprint density at radius 1 is 0.800 bits per heavy atom. The Labute approximate surface area is 258 Å². The number of hydrogen-bond donors (Lipinski definition) is 1. The highest BCUT2D eigenvalue weighted by molar-refractivity contribution is 6.06. The fraction of sp³-hybridized carbons (Fsp3) is 0.111. The molecule has 0 bridgehead atoms. The van der Waals surface area contributed by atoms with Crippen molar-refractivity contribution in [3.63, 3.8) is 0 Å². The average Bonchev–Trinajstić information content (AvgIpc) is 3.09. The van der Waals surface area contributed by atoms with E-state index in [1.807, 2.05) is 91.0 Å². The molecule has 2 unspecified atom stereocenters. The summed E-state index contributed by atoms with van der Waals surface area (Å²) in [6.45, 7) is -0.366. The fourth-order valence-corrected chi connectivity index (χ4v) is 5.43. The van der Waals surface area contributed by atoms with Gasteiger partial charge in [0.1, 0.15) is 17.5 Å². The van der Waals surface area contributed by atoms with Crippen molar-refractivity contribution < 1.29 is 23.5 Å². The number of ether oxygens (including phenoxy) is 2. The molecule has 1 N–H and O–H groups in total. The van der Waals surface area contributed by atoms with Gasteiger partial charge in [-0.3, -0.25) is 19.5 Å². The lowest BCUT2D eigenvalue weighted by Crippen LogP contribution is -2.50. The Kier molecular flexibility index (Phi) is 8.54. The summed E-state index contributed by atoms with van der Waals surface area (Å²) in [5.74, 6) is -2.59. The van der Waals surface area contributed by atoms with Crippen LogP contribution in [0.25, 0.3) is 0 Å². The van der Waals surface area contributed by atoms with Gasteiger partial charge in [0.2, 0.25) is 5.78 Å². The van der Waals surface area contributed by atoms with Crippen LogP contribution in [0.15, 0.2) is 150 Å². The van der Waals surface area contributed by atoms with Crippen LogP contribution < -0.4 is 10.6 Å². The highest BCUT2D eigenvalue weighted by Gasteiger charge is 2.42. The molecule has 1 aromatic heterocycles. The summed E-state index contributed by atoms with van der Waals surface area (Å²) in [6.07, 6.45) is -0.698. The van der Waals surface area contributed by atoms with Crippen molar-refractivity contribution in [1.82, 2.24) is 9.97 Å². The molecule has 1 amide bonds. The highest BCUT2D eigenvalue weighted by Crippen LogP contribution is 2.41. The molecule has 1 aliphatic heterocycles. The first kappa shape index (κ1) is 29.6. The molecule has 8 nitrogen and oxygen atoms in total. The lowest BCUT2D eigenvalue weighted by Gasteiger charge is -2.38. The number of nitrogens with zero attached hydrogens (tertiary/aromatic N) is 2. The Morgan fingerprint density at radius 2 is 1.31 bits per heavy atom. The largest absolute Gasteiger partial charge is 0.358 e. The third kappa shape index (κ3) is 5.99. The molecule has 6 rings (SSSR count). The molecule has 0 aliphatic carbocycles. The number of Topliss-reactive ketones (excluding diaryl/α,β-unsaturated/α-hetero) is 1. The van der Waals surface area contributed by atoms with Gasteiger partial charge in [-0.1, -0.05) is 109 Å². The van der Waals surface area contributed by atoms with Crippen molar-refractivity contribution in [2.75, 3.05) is 11.5 Å². The molecule has 2 atom stereocenters. The number of carbonyl (C=O) groups is 2. The molecule has 45 heavy (non-hydrogen) atoms. The normalized spacial score (nSPS) is 16.6. The standard InChI is InChI=1S/C36H28FN3O5/c37-29-23-32(40(31-21-22-38-35(43)39-31)34(42)25-13-5-1-6-14-25)45-30(33(29)41)24-44-36(26-15-7-2-8-16-26,27-17-9-3-10-18-27)28-19-11-4-12-20-28/h1-23,30,32H,24H2,(H,38,39,43). The van der Waals surface area contributed by atoms with Gasteiger partial charge < -0.3 is 9.47 Å². The van der Waals surface area contributed by atoms with Gasteiger partial charge in [0.25, 0.3) is 5.91 Å². The maximum Gasteiger partial charge on any atom is 0.346 e. The van der Waals surface area contributed by atoms with Crippen molar-refractivity contribution in [2.24, 2.45) is 0 Å². The maximum absolute atomic E-state index is 15.4. The Hall–Kier alpha value is -5.51. The molecule has 1 aliphatic rings. The topological polar surface area (TPSA) is 102 Å². The summed E-state index contributed by atoms with van der Waals surface area (Å²) in [7, 11) is 0. The van der Waals surface area contributed by atoms with E-state index < -0.39 is 41.1 Å². The van der Waals surface area contributed by atoms with E-state index in [4.69, 9.17) is 9.47 Å². The molecule has 9 heteroatoms. The first-order chi connectivity index (χ1) is 22.0. The summed E-state index contributed by atoms with van der Waals surface area (Å²) < 4.78 is 28.3. The predicted molar refractivity (Wildman–Crippen MR) is 166 cm³/mol. The van der Waals surface area contributed by atoms with Crippen LogP contribution in [0.4, 0.5) is 10.2 Å². The van der Waals surface area contributed by atoms with Crippen molar-refractivity contribution in [1.29, 1.82) is 0 Å². The number of rotatable bonds is 9. The Balaban J connectivity index is 1.39. The van der Waals surface area contributed by atoms with Gasteiger partial charge in [0, 0.05) is 17.8 Å². The number of anilines is 1. The number of benzene rings is 4. The molecule has 0 spiro atoms. The van der Waals surface area contributed by atoms with Crippen LogP contribution in [-0.4, -0.2) is 40.6 Å². The molecule has 0 saturated carbocycles. The Bertz CT molecular complexity index is 1770. The summed E-state index contributed by atoms with van der Waals surface area (Å²) in [6, 6.07) is 38.2. The summed E-state index contributed by atoms with van der Waals surface area (Å²) >= 11 is 0. The molecule has 0 fully saturated rings. The van der Waals surface area contributed by atoms with Crippen LogP contribution in [0.5, 0.6) is 0 Å². The first-order valence-electron chi connectivity index (χ1n) is 14.3. The van der Waals surface area contributed by atoms with Crippen LogP contribution in [0.2, 0.25) is 0 Å². The van der Waals surface area contributed by atoms with E-state index >= 15 is 4.39 Å². The van der Waals surface area contributed by atoms with Crippen LogP contribution in [0.3, 0.4) is 0 Å². The number of hydrogen-bond acceptors (Lipinski definition) is 6. The van der Waals surface area contributed by atoms with E-state index in [2.05, 4.69) is 9.97 Å². The van der Waals surface area contributed by atoms with Crippen molar-refractivity contribution in [3.05, 3.63) is 178 Å². The second kappa shape index (κ2) is 13.0. The predicted octanol–water partition coefficient (Wildman–Crippen LogP) is 5.57. The van der Waals surface area contributed by atoms with Gasteiger partial charge in [-0.05, 0) is 34.9 Å². The number of halogens is 1. The summed E-state index contributed by atoms with van der Waals surface area (Å²) in [5.41, 5.74) is 0.702. The van der Waals surface area contributed by atoms with Gasteiger partial charge in [0.15, 0.2) is 12.1 Å². The molecule has 0 saturated heterocycles. The first-order valence-corrected chi connectivity index (χ1v) is 14.3. The van der Waals surface area contributed by atoms with Crippen LogP contribution in [0, 0.1) is 0 Å². The number of H-pyrrole nitrogens is 1. The van der Waals surface area contributed by atoms with Crippen molar-refractivity contribution >= 4 is 17.5 Å². The zero-order valence-electron chi connectivity index (χ0n) is 24.0. The number of nitrogens with one attached hydrogen (secondary N) is 1. The minimum absolute atomic E-state index is 0.0131. The smallest absolute Gasteiger partial charge is 0.346 e. The van der Waals surface area contributed by atoms with E-state index in [9.17, 15) is 14.4 Å². The monoisotopic (exact) mass is 601 g/mol. The molecule has 224 valence electrons. The fourth-order valence-electron chi connectivity index (χ4n) is 5.43. The quantitative estimate of drug-likeness (QED) is 0.222. The number of amides is 1. The van der Waals surface area contributed by atoms with E-state index in [0.29, 0.717) is 0 Å². The van der Waals surface area contributed by atoms with Crippen LogP contribution in [0.1, 0.15) is 27.0 Å².